The molecule has 112 valence electrons. The van der Waals surface area contributed by atoms with Crippen LogP contribution < -0.4 is 5.32 Å². The zero-order valence-electron chi connectivity index (χ0n) is 11.9. The van der Waals surface area contributed by atoms with E-state index < -0.39 is 27.8 Å². The standard InChI is InChI=1S/C12H23NO5S/c1-12(2,3)8-9(7-11(15)16)13-10(14)5-6-19(4,17)18/h9H,5-8H2,1-4H3,(H,13,14)(H,15,16). The summed E-state index contributed by atoms with van der Waals surface area (Å²) in [4.78, 5) is 22.3. The Hall–Kier alpha value is -1.11. The van der Waals surface area contributed by atoms with Crippen molar-refractivity contribution in [1.29, 1.82) is 0 Å². The van der Waals surface area contributed by atoms with Crippen LogP contribution in [0.1, 0.15) is 40.0 Å². The van der Waals surface area contributed by atoms with E-state index in [9.17, 15) is 18.0 Å². The van der Waals surface area contributed by atoms with Gasteiger partial charge in [0.05, 0.1) is 12.2 Å². The van der Waals surface area contributed by atoms with Crippen molar-refractivity contribution in [2.75, 3.05) is 12.0 Å². The summed E-state index contributed by atoms with van der Waals surface area (Å²) in [6.07, 6.45) is 1.27. The van der Waals surface area contributed by atoms with E-state index in [-0.39, 0.29) is 24.0 Å². The first-order valence-electron chi connectivity index (χ1n) is 6.08. The molecule has 6 nitrogen and oxygen atoms in total. The second-order valence-corrected chi connectivity index (χ2v) is 8.27. The number of carboxylic acids is 1. The van der Waals surface area contributed by atoms with Gasteiger partial charge in [-0.25, -0.2) is 8.42 Å². The molecular formula is C12H23NO5S. The summed E-state index contributed by atoms with van der Waals surface area (Å²) in [5, 5.41) is 11.4. The van der Waals surface area contributed by atoms with Crippen LogP contribution in [0.15, 0.2) is 0 Å². The third-order valence-corrected chi connectivity index (χ3v) is 3.29. The molecule has 0 saturated carbocycles. The molecule has 0 rings (SSSR count). The van der Waals surface area contributed by atoms with E-state index in [0.29, 0.717) is 6.42 Å². The average Bonchev–Trinajstić information content (AvgIpc) is 2.09. The second kappa shape index (κ2) is 6.88. The van der Waals surface area contributed by atoms with Gasteiger partial charge in [0.15, 0.2) is 0 Å². The Morgan fingerprint density at radius 3 is 2.16 bits per heavy atom. The fourth-order valence-corrected chi connectivity index (χ4v) is 2.26. The molecule has 0 spiro atoms. The van der Waals surface area contributed by atoms with Crippen LogP contribution in [0.2, 0.25) is 0 Å². The molecule has 0 aromatic carbocycles. The predicted octanol–water partition coefficient (Wildman–Crippen LogP) is 0.817. The van der Waals surface area contributed by atoms with Gasteiger partial charge in [0.1, 0.15) is 9.84 Å². The zero-order chi connectivity index (χ0) is 15.3. The first kappa shape index (κ1) is 17.9. The zero-order valence-corrected chi connectivity index (χ0v) is 12.7. The number of sulfone groups is 1. The number of hydrogen-bond donors (Lipinski definition) is 2. The summed E-state index contributed by atoms with van der Waals surface area (Å²) in [6, 6.07) is -0.482. The number of hydrogen-bond acceptors (Lipinski definition) is 4. The van der Waals surface area contributed by atoms with E-state index in [1.165, 1.54) is 0 Å². The summed E-state index contributed by atoms with van der Waals surface area (Å²) in [6.45, 7) is 5.85. The number of carbonyl (C=O) groups is 2. The molecule has 0 aliphatic carbocycles. The summed E-state index contributed by atoms with van der Waals surface area (Å²) in [5.74, 6) is -1.65. The lowest BCUT2D eigenvalue weighted by Gasteiger charge is -2.25. The van der Waals surface area contributed by atoms with Gasteiger partial charge in [-0.05, 0) is 11.8 Å². The van der Waals surface area contributed by atoms with Crippen molar-refractivity contribution in [1.82, 2.24) is 5.32 Å². The average molecular weight is 293 g/mol. The highest BCUT2D eigenvalue weighted by Gasteiger charge is 2.23. The summed E-state index contributed by atoms with van der Waals surface area (Å²) in [7, 11) is -3.19. The summed E-state index contributed by atoms with van der Waals surface area (Å²) in [5.41, 5.74) is -0.121. The second-order valence-electron chi connectivity index (χ2n) is 6.01. The van der Waals surface area contributed by atoms with Crippen LogP contribution in [0.4, 0.5) is 0 Å². The van der Waals surface area contributed by atoms with E-state index in [0.717, 1.165) is 6.26 Å². The third kappa shape index (κ3) is 11.7. The van der Waals surface area contributed by atoms with Crippen LogP contribution in [0.5, 0.6) is 0 Å². The molecule has 2 N–H and O–H groups in total. The number of aliphatic carboxylic acids is 1. The van der Waals surface area contributed by atoms with Crippen molar-refractivity contribution in [3.05, 3.63) is 0 Å². The van der Waals surface area contributed by atoms with Crippen molar-refractivity contribution >= 4 is 21.7 Å². The number of rotatable bonds is 7. The van der Waals surface area contributed by atoms with E-state index >= 15 is 0 Å². The minimum absolute atomic E-state index is 0.121. The van der Waals surface area contributed by atoms with Crippen molar-refractivity contribution in [2.45, 2.75) is 46.1 Å². The molecule has 0 fully saturated rings. The predicted molar refractivity (Wildman–Crippen MR) is 72.6 cm³/mol. The van der Waals surface area contributed by atoms with Crippen LogP contribution in [-0.2, 0) is 19.4 Å². The molecule has 1 amide bonds. The van der Waals surface area contributed by atoms with Crippen LogP contribution >= 0.6 is 0 Å². The lowest BCUT2D eigenvalue weighted by atomic mass is 9.87. The topological polar surface area (TPSA) is 101 Å². The van der Waals surface area contributed by atoms with Crippen LogP contribution in [0, 0.1) is 5.41 Å². The molecule has 0 aromatic heterocycles. The first-order chi connectivity index (χ1) is 8.39. The largest absolute Gasteiger partial charge is 0.481 e. The number of amides is 1. The van der Waals surface area contributed by atoms with Crippen molar-refractivity contribution in [3.63, 3.8) is 0 Å². The smallest absolute Gasteiger partial charge is 0.305 e. The monoisotopic (exact) mass is 293 g/mol. The Kier molecular flexibility index (Phi) is 6.48. The summed E-state index contributed by atoms with van der Waals surface area (Å²) < 4.78 is 21.9. The first-order valence-corrected chi connectivity index (χ1v) is 8.14. The van der Waals surface area contributed by atoms with Gasteiger partial charge in [-0.2, -0.15) is 0 Å². The Bertz CT molecular complexity index is 422. The molecule has 0 saturated heterocycles. The maximum atomic E-state index is 11.6. The van der Waals surface area contributed by atoms with E-state index in [1.807, 2.05) is 20.8 Å². The van der Waals surface area contributed by atoms with Crippen molar-refractivity contribution < 1.29 is 23.1 Å². The van der Waals surface area contributed by atoms with Crippen molar-refractivity contribution in [3.8, 4) is 0 Å². The van der Waals surface area contributed by atoms with Crippen LogP contribution in [-0.4, -0.2) is 43.5 Å². The molecule has 0 radical (unpaired) electrons. The Morgan fingerprint density at radius 1 is 1.26 bits per heavy atom. The lowest BCUT2D eigenvalue weighted by Crippen LogP contribution is -2.39. The van der Waals surface area contributed by atoms with Crippen molar-refractivity contribution in [2.24, 2.45) is 5.41 Å². The highest BCUT2D eigenvalue weighted by atomic mass is 32.2. The lowest BCUT2D eigenvalue weighted by molar-refractivity contribution is -0.137. The van der Waals surface area contributed by atoms with E-state index in [2.05, 4.69) is 5.32 Å². The summed E-state index contributed by atoms with van der Waals surface area (Å²) >= 11 is 0. The van der Waals surface area contributed by atoms with Gasteiger partial charge < -0.3 is 10.4 Å². The minimum atomic E-state index is -3.19. The van der Waals surface area contributed by atoms with Gasteiger partial charge in [0.25, 0.3) is 0 Å². The van der Waals surface area contributed by atoms with Gasteiger partial charge >= 0.3 is 5.97 Å². The van der Waals surface area contributed by atoms with Crippen LogP contribution in [0.3, 0.4) is 0 Å². The molecule has 0 bridgehead atoms. The SMILES string of the molecule is CC(C)(C)CC(CC(=O)O)NC(=O)CCS(C)(=O)=O. The van der Waals surface area contributed by atoms with Gasteiger partial charge in [-0.15, -0.1) is 0 Å². The maximum Gasteiger partial charge on any atom is 0.305 e. The van der Waals surface area contributed by atoms with Gasteiger partial charge in [-0.1, -0.05) is 20.8 Å². The molecule has 0 aliphatic heterocycles. The third-order valence-electron chi connectivity index (χ3n) is 2.34. The fourth-order valence-electron chi connectivity index (χ4n) is 1.70. The maximum absolute atomic E-state index is 11.6. The molecule has 0 aliphatic rings. The molecule has 1 unspecified atom stereocenters. The number of carboxylic acid groups (broad SMARTS) is 1. The minimum Gasteiger partial charge on any atom is -0.481 e. The van der Waals surface area contributed by atoms with E-state index in [1.54, 1.807) is 0 Å². The molecule has 0 heterocycles. The molecular weight excluding hydrogens is 270 g/mol. The molecule has 19 heavy (non-hydrogen) atoms. The Balaban J connectivity index is 4.47. The quantitative estimate of drug-likeness (QED) is 0.723. The normalized spacial score (nSPS) is 13.9. The highest BCUT2D eigenvalue weighted by Crippen LogP contribution is 2.22. The van der Waals surface area contributed by atoms with E-state index in [4.69, 9.17) is 5.11 Å². The fraction of sp³-hybridized carbons (Fsp3) is 0.833. The Morgan fingerprint density at radius 2 is 1.79 bits per heavy atom. The molecule has 0 aromatic rings. The highest BCUT2D eigenvalue weighted by molar-refractivity contribution is 7.90. The molecule has 1 atom stereocenters. The Labute approximate surface area is 114 Å². The van der Waals surface area contributed by atoms with Gasteiger partial charge in [-0.3, -0.25) is 9.59 Å². The van der Waals surface area contributed by atoms with Gasteiger partial charge in [0.2, 0.25) is 5.91 Å². The number of nitrogens with one attached hydrogen (secondary N) is 1. The number of carbonyl (C=O) groups excluding carboxylic acids is 1. The molecule has 7 heteroatoms. The van der Waals surface area contributed by atoms with Crippen LogP contribution in [0.25, 0.3) is 0 Å². The van der Waals surface area contributed by atoms with Gasteiger partial charge in [0, 0.05) is 18.7 Å².